The van der Waals surface area contributed by atoms with Gasteiger partial charge in [-0.25, -0.2) is 0 Å². The van der Waals surface area contributed by atoms with Gasteiger partial charge in [0.1, 0.15) is 0 Å². The zero-order valence-electron chi connectivity index (χ0n) is 9.77. The number of hydrogen-bond acceptors (Lipinski definition) is 2. The first kappa shape index (κ1) is 14.6. The number of nitrogens with one attached hydrogen (secondary N) is 2. The molecule has 94 valence electrons. The Morgan fingerprint density at radius 2 is 1.65 bits per heavy atom. The van der Waals surface area contributed by atoms with Gasteiger partial charge in [0.2, 0.25) is 11.8 Å². The summed E-state index contributed by atoms with van der Waals surface area (Å²) in [5, 5.41) is 4.99. The Kier molecular flexibility index (Phi) is 7.67. The molecule has 1 aromatic rings. The van der Waals surface area contributed by atoms with Gasteiger partial charge in [-0.1, -0.05) is 31.4 Å². The maximum Gasteiger partial charge on any atom is 0.247 e. The summed E-state index contributed by atoms with van der Waals surface area (Å²) in [6, 6.07) is 9.25. The first-order valence-corrected chi connectivity index (χ1v) is 4.96. The van der Waals surface area contributed by atoms with Crippen molar-refractivity contribution in [2.75, 3.05) is 12.4 Å². The summed E-state index contributed by atoms with van der Waals surface area (Å²) < 4.78 is 0. The highest BCUT2D eigenvalue weighted by Crippen LogP contribution is 2.03. The number of carbonyl (C=O) groups excluding carboxylic acids is 2. The predicted octanol–water partition coefficient (Wildman–Crippen LogP) is 2.22. The molecule has 4 heteroatoms. The van der Waals surface area contributed by atoms with Crippen molar-refractivity contribution in [1.82, 2.24) is 5.32 Å². The molecule has 0 spiro atoms. The number of likely N-dealkylation sites (N-methyl/N-ethyl adjacent to an activating group) is 1. The fourth-order valence-electron chi connectivity index (χ4n) is 0.817. The topological polar surface area (TPSA) is 58.2 Å². The average molecular weight is 236 g/mol. The number of anilines is 1. The van der Waals surface area contributed by atoms with Crippen LogP contribution in [-0.4, -0.2) is 18.9 Å². The molecule has 0 radical (unpaired) electrons. The molecule has 1 rings (SSSR count). The minimum Gasteiger partial charge on any atom is -0.356 e. The van der Waals surface area contributed by atoms with Crippen LogP contribution < -0.4 is 10.6 Å². The minimum atomic E-state index is -0.184. The number of hydrogen-bond donors (Lipinski definition) is 2. The Morgan fingerprint density at radius 1 is 1.12 bits per heavy atom. The first-order valence-electron chi connectivity index (χ1n) is 4.96. The Balaban J connectivity index is -0.000000282. The Labute approximate surface area is 104 Å². The average Bonchev–Trinajstić information content (AvgIpc) is 2.39. The molecule has 0 unspecified atom stereocenters. The molecule has 17 heavy (non-hydrogen) atoms. The molecule has 0 saturated heterocycles. The van der Waals surface area contributed by atoms with Crippen LogP contribution in [0.2, 0.25) is 0 Å². The van der Waals surface area contributed by atoms with Gasteiger partial charge in [0.05, 0.1) is 0 Å². The van der Waals surface area contributed by atoms with E-state index >= 15 is 0 Å². The van der Waals surface area contributed by atoms with Gasteiger partial charge in [-0.2, -0.15) is 0 Å². The van der Waals surface area contributed by atoms with Crippen molar-refractivity contribution in [3.63, 3.8) is 0 Å². The van der Waals surface area contributed by atoms with Gasteiger partial charge in [-0.3, -0.25) is 9.59 Å². The molecule has 0 aromatic heterocycles. The summed E-state index contributed by atoms with van der Waals surface area (Å²) in [6.07, 6.45) is 2.47. The van der Waals surface area contributed by atoms with E-state index < -0.39 is 0 Å². The number of benzene rings is 1. The lowest BCUT2D eigenvalue weighted by atomic mass is 10.3. The Bertz CT molecular complexity index is 395. The van der Waals surface area contributed by atoms with E-state index in [1.54, 1.807) is 7.05 Å². The largest absolute Gasteiger partial charge is 0.356 e. The van der Waals surface area contributed by atoms with Crippen LogP contribution in [-0.2, 0) is 9.59 Å². The van der Waals surface area contributed by atoms with E-state index in [1.165, 1.54) is 12.2 Å². The summed E-state index contributed by atoms with van der Waals surface area (Å²) in [7, 11) is 1.56. The highest BCUT2D eigenvalue weighted by molar-refractivity contribution is 5.98. The van der Waals surface area contributed by atoms with Crippen LogP contribution in [0.1, 0.15) is 2.85 Å². The standard InChI is InChI=1S/C9H9NO.C4H7NO.2H2/c1-2-9(11)10-8-6-4-3-5-7-8;1-3-4(6)5-2;;/h2-7H,1H2,(H,10,11);3H,1H2,2H3,(H,5,6);2*1H. The van der Waals surface area contributed by atoms with Crippen LogP contribution in [0.3, 0.4) is 0 Å². The summed E-state index contributed by atoms with van der Waals surface area (Å²) >= 11 is 0. The predicted molar refractivity (Wildman–Crippen MR) is 73.8 cm³/mol. The molecule has 1 aromatic carbocycles. The lowest BCUT2D eigenvalue weighted by Crippen LogP contribution is -2.13. The van der Waals surface area contributed by atoms with Crippen molar-refractivity contribution in [1.29, 1.82) is 0 Å². The van der Waals surface area contributed by atoms with Crippen molar-refractivity contribution in [2.24, 2.45) is 0 Å². The molecule has 0 atom stereocenters. The zero-order valence-corrected chi connectivity index (χ0v) is 9.77. The van der Waals surface area contributed by atoms with Crippen LogP contribution in [0.25, 0.3) is 0 Å². The maximum atomic E-state index is 10.8. The van der Waals surface area contributed by atoms with Crippen LogP contribution in [0.5, 0.6) is 0 Å². The van der Waals surface area contributed by atoms with Crippen LogP contribution >= 0.6 is 0 Å². The third-order valence-corrected chi connectivity index (χ3v) is 1.66. The number of carbonyl (C=O) groups is 2. The third kappa shape index (κ3) is 7.56. The fraction of sp³-hybridized carbons (Fsp3) is 0.0769. The van der Waals surface area contributed by atoms with Gasteiger partial charge < -0.3 is 10.6 Å². The number of amides is 2. The summed E-state index contributed by atoms with van der Waals surface area (Å²) in [5.41, 5.74) is 0.789. The van der Waals surface area contributed by atoms with E-state index in [1.807, 2.05) is 30.3 Å². The second-order valence-electron chi connectivity index (χ2n) is 2.88. The summed E-state index contributed by atoms with van der Waals surface area (Å²) in [5.74, 6) is -0.328. The SMILES string of the molecule is C=CC(=O)NC.C=CC(=O)Nc1ccccc1.[HH].[HH]. The molecule has 0 aliphatic carbocycles. The molecule has 0 fully saturated rings. The lowest BCUT2D eigenvalue weighted by molar-refractivity contribution is -0.116. The zero-order chi connectivity index (χ0) is 13.1. The van der Waals surface area contributed by atoms with E-state index in [2.05, 4.69) is 23.8 Å². The van der Waals surface area contributed by atoms with Gasteiger partial charge in [0.25, 0.3) is 0 Å². The second kappa shape index (κ2) is 8.91. The normalized spacial score (nSPS) is 8.06. The first-order chi connectivity index (χ1) is 8.13. The highest BCUT2D eigenvalue weighted by Gasteiger charge is 1.92. The van der Waals surface area contributed by atoms with Crippen molar-refractivity contribution in [2.45, 2.75) is 0 Å². The molecule has 4 nitrogen and oxygen atoms in total. The quantitative estimate of drug-likeness (QED) is 0.791. The van der Waals surface area contributed by atoms with E-state index in [0.29, 0.717) is 0 Å². The summed E-state index contributed by atoms with van der Waals surface area (Å²) in [4.78, 5) is 20.7. The van der Waals surface area contributed by atoms with Crippen LogP contribution in [0.15, 0.2) is 55.6 Å². The van der Waals surface area contributed by atoms with E-state index in [0.717, 1.165) is 5.69 Å². The van der Waals surface area contributed by atoms with E-state index in [9.17, 15) is 9.59 Å². The summed E-state index contributed by atoms with van der Waals surface area (Å²) in [6.45, 7) is 6.56. The fourth-order valence-corrected chi connectivity index (χ4v) is 0.817. The molecule has 0 aliphatic heterocycles. The van der Waals surface area contributed by atoms with Gasteiger partial charge in [-0.05, 0) is 24.3 Å². The van der Waals surface area contributed by atoms with Crippen molar-refractivity contribution < 1.29 is 12.4 Å². The molecular weight excluding hydrogens is 216 g/mol. The molecule has 2 N–H and O–H groups in total. The van der Waals surface area contributed by atoms with Crippen LogP contribution in [0, 0.1) is 0 Å². The monoisotopic (exact) mass is 236 g/mol. The molecule has 0 aliphatic rings. The van der Waals surface area contributed by atoms with Crippen molar-refractivity contribution in [3.05, 3.63) is 55.6 Å². The molecule has 0 saturated carbocycles. The van der Waals surface area contributed by atoms with Crippen molar-refractivity contribution >= 4 is 17.5 Å². The van der Waals surface area contributed by atoms with Gasteiger partial charge in [0, 0.05) is 15.6 Å². The minimum absolute atomic E-state index is 0. The molecule has 0 bridgehead atoms. The number of para-hydroxylation sites is 1. The van der Waals surface area contributed by atoms with Gasteiger partial charge in [-0.15, -0.1) is 0 Å². The number of rotatable bonds is 3. The lowest BCUT2D eigenvalue weighted by Gasteiger charge is -1.98. The van der Waals surface area contributed by atoms with Crippen molar-refractivity contribution in [3.8, 4) is 0 Å². The second-order valence-corrected chi connectivity index (χ2v) is 2.88. The van der Waals surface area contributed by atoms with E-state index in [4.69, 9.17) is 0 Å². The van der Waals surface area contributed by atoms with Gasteiger partial charge >= 0.3 is 0 Å². The van der Waals surface area contributed by atoms with Crippen LogP contribution in [0.4, 0.5) is 5.69 Å². The highest BCUT2D eigenvalue weighted by atomic mass is 16.2. The Morgan fingerprint density at radius 3 is 2.00 bits per heavy atom. The smallest absolute Gasteiger partial charge is 0.247 e. The van der Waals surface area contributed by atoms with E-state index in [-0.39, 0.29) is 14.7 Å². The molecule has 0 heterocycles. The third-order valence-electron chi connectivity index (χ3n) is 1.66. The Hall–Kier alpha value is -2.36. The van der Waals surface area contributed by atoms with Gasteiger partial charge in [0.15, 0.2) is 0 Å². The molecular formula is C13H20N2O2. The molecule has 2 amide bonds. The maximum absolute atomic E-state index is 10.8.